The topological polar surface area (TPSA) is 12.0 Å². The number of piperidine rings is 1. The maximum atomic E-state index is 3.74. The van der Waals surface area contributed by atoms with Gasteiger partial charge in [-0.15, -0.1) is 0 Å². The molecule has 1 heteroatoms. The highest BCUT2D eigenvalue weighted by Crippen LogP contribution is 2.38. The van der Waals surface area contributed by atoms with Crippen LogP contribution in [0.5, 0.6) is 0 Å². The molecule has 4 atom stereocenters. The molecule has 1 nitrogen and oxygen atoms in total. The van der Waals surface area contributed by atoms with Crippen LogP contribution in [0.2, 0.25) is 0 Å². The normalized spacial score (nSPS) is 39.0. The third-order valence-corrected chi connectivity index (χ3v) is 4.44. The first-order valence-electron chi connectivity index (χ1n) is 6.46. The zero-order chi connectivity index (χ0) is 10.1. The Labute approximate surface area is 88.7 Å². The van der Waals surface area contributed by atoms with Crippen LogP contribution < -0.4 is 5.32 Å². The van der Waals surface area contributed by atoms with Crippen molar-refractivity contribution in [2.24, 2.45) is 17.8 Å². The van der Waals surface area contributed by atoms with E-state index in [0.29, 0.717) is 0 Å². The molecule has 2 aliphatic heterocycles. The predicted molar refractivity (Wildman–Crippen MR) is 61.3 cm³/mol. The van der Waals surface area contributed by atoms with Gasteiger partial charge in [-0.1, -0.05) is 27.2 Å². The third-order valence-electron chi connectivity index (χ3n) is 4.44. The molecule has 14 heavy (non-hydrogen) atoms. The minimum Gasteiger partial charge on any atom is -0.311 e. The Morgan fingerprint density at radius 1 is 1.14 bits per heavy atom. The molecule has 2 aliphatic rings. The Balaban J connectivity index is 1.97. The molecule has 1 unspecified atom stereocenters. The summed E-state index contributed by atoms with van der Waals surface area (Å²) in [5.74, 6) is 2.86. The van der Waals surface area contributed by atoms with E-state index >= 15 is 0 Å². The van der Waals surface area contributed by atoms with E-state index in [1.54, 1.807) is 0 Å². The summed E-state index contributed by atoms with van der Waals surface area (Å²) >= 11 is 0. The van der Waals surface area contributed by atoms with Gasteiger partial charge in [0.25, 0.3) is 0 Å². The van der Waals surface area contributed by atoms with Gasteiger partial charge in [-0.2, -0.15) is 0 Å². The molecule has 2 heterocycles. The highest BCUT2D eigenvalue weighted by Gasteiger charge is 2.36. The van der Waals surface area contributed by atoms with Crippen molar-refractivity contribution >= 4 is 0 Å². The Morgan fingerprint density at radius 3 is 2.14 bits per heavy atom. The van der Waals surface area contributed by atoms with Gasteiger partial charge in [0.1, 0.15) is 0 Å². The lowest BCUT2D eigenvalue weighted by molar-refractivity contribution is 0.169. The van der Waals surface area contributed by atoms with Gasteiger partial charge < -0.3 is 5.32 Å². The summed E-state index contributed by atoms with van der Waals surface area (Å²) in [5.41, 5.74) is 0. The summed E-state index contributed by atoms with van der Waals surface area (Å²) in [6.45, 7) is 7.17. The molecule has 2 saturated heterocycles. The lowest BCUT2D eigenvalue weighted by Crippen LogP contribution is -2.41. The summed E-state index contributed by atoms with van der Waals surface area (Å²) in [6, 6.07) is 1.73. The minimum absolute atomic E-state index is 0.867. The Hall–Kier alpha value is -0.0400. The van der Waals surface area contributed by atoms with Crippen molar-refractivity contribution in [1.29, 1.82) is 0 Å². The minimum atomic E-state index is 0.867. The van der Waals surface area contributed by atoms with Gasteiger partial charge in [0, 0.05) is 12.1 Å². The fraction of sp³-hybridized carbons (Fsp3) is 1.00. The molecule has 1 N–H and O–H groups in total. The average Bonchev–Trinajstić information content (AvgIpc) is 2.46. The van der Waals surface area contributed by atoms with Crippen LogP contribution in [0, 0.1) is 17.8 Å². The van der Waals surface area contributed by atoms with E-state index in [1.165, 1.54) is 32.1 Å². The van der Waals surface area contributed by atoms with Crippen LogP contribution in [-0.2, 0) is 0 Å². The second-order valence-electron chi connectivity index (χ2n) is 5.69. The van der Waals surface area contributed by atoms with Gasteiger partial charge >= 0.3 is 0 Å². The molecule has 0 aromatic carbocycles. The van der Waals surface area contributed by atoms with Crippen molar-refractivity contribution in [3.05, 3.63) is 0 Å². The monoisotopic (exact) mass is 195 g/mol. The molecular weight excluding hydrogens is 170 g/mol. The fourth-order valence-corrected chi connectivity index (χ4v) is 3.80. The van der Waals surface area contributed by atoms with Crippen LogP contribution in [0.3, 0.4) is 0 Å². The van der Waals surface area contributed by atoms with Crippen molar-refractivity contribution in [2.45, 2.75) is 65.0 Å². The number of nitrogens with one attached hydrogen (secondary N) is 1. The molecular formula is C13H25N. The molecule has 2 fully saturated rings. The third kappa shape index (κ3) is 1.98. The zero-order valence-electron chi connectivity index (χ0n) is 9.92. The quantitative estimate of drug-likeness (QED) is 0.729. The SMILES string of the molecule is CCC(C(C)C)[C@H]1C[C@H]2CC[C@@H](C1)N2. The molecule has 82 valence electrons. The van der Waals surface area contributed by atoms with E-state index < -0.39 is 0 Å². The van der Waals surface area contributed by atoms with Crippen LogP contribution in [0.25, 0.3) is 0 Å². The van der Waals surface area contributed by atoms with Crippen molar-refractivity contribution < 1.29 is 0 Å². The zero-order valence-corrected chi connectivity index (χ0v) is 9.92. The largest absolute Gasteiger partial charge is 0.311 e. The van der Waals surface area contributed by atoms with Crippen LogP contribution in [0.15, 0.2) is 0 Å². The molecule has 2 rings (SSSR count). The van der Waals surface area contributed by atoms with E-state index in [1.807, 2.05) is 0 Å². The first kappa shape index (κ1) is 10.5. The van der Waals surface area contributed by atoms with E-state index in [9.17, 15) is 0 Å². The molecule has 0 aliphatic carbocycles. The van der Waals surface area contributed by atoms with E-state index in [-0.39, 0.29) is 0 Å². The Kier molecular flexibility index (Phi) is 3.16. The number of hydrogen-bond acceptors (Lipinski definition) is 1. The highest BCUT2D eigenvalue weighted by molar-refractivity contribution is 4.94. The highest BCUT2D eigenvalue weighted by atomic mass is 15.0. The van der Waals surface area contributed by atoms with Crippen molar-refractivity contribution in [3.63, 3.8) is 0 Å². The van der Waals surface area contributed by atoms with Gasteiger partial charge in [0.05, 0.1) is 0 Å². The summed E-state index contributed by atoms with van der Waals surface area (Å²) in [7, 11) is 0. The van der Waals surface area contributed by atoms with E-state index in [0.717, 1.165) is 29.8 Å². The predicted octanol–water partition coefficient (Wildman–Crippen LogP) is 3.20. The van der Waals surface area contributed by atoms with Crippen molar-refractivity contribution in [2.75, 3.05) is 0 Å². The average molecular weight is 195 g/mol. The lowest BCUT2D eigenvalue weighted by Gasteiger charge is -2.36. The molecule has 0 aromatic heterocycles. The second-order valence-corrected chi connectivity index (χ2v) is 5.69. The lowest BCUT2D eigenvalue weighted by atomic mass is 9.75. The Morgan fingerprint density at radius 2 is 1.71 bits per heavy atom. The number of hydrogen-bond donors (Lipinski definition) is 1. The van der Waals surface area contributed by atoms with Crippen LogP contribution in [-0.4, -0.2) is 12.1 Å². The maximum Gasteiger partial charge on any atom is 0.00729 e. The summed E-state index contributed by atoms with van der Waals surface area (Å²) in [5, 5.41) is 3.74. The van der Waals surface area contributed by atoms with Gasteiger partial charge in [-0.3, -0.25) is 0 Å². The summed E-state index contributed by atoms with van der Waals surface area (Å²) in [4.78, 5) is 0. The van der Waals surface area contributed by atoms with E-state index in [4.69, 9.17) is 0 Å². The van der Waals surface area contributed by atoms with Gasteiger partial charge in [-0.05, 0) is 43.4 Å². The fourth-order valence-electron chi connectivity index (χ4n) is 3.80. The van der Waals surface area contributed by atoms with Gasteiger partial charge in [0.15, 0.2) is 0 Å². The maximum absolute atomic E-state index is 3.74. The van der Waals surface area contributed by atoms with Gasteiger partial charge in [-0.25, -0.2) is 0 Å². The first-order chi connectivity index (χ1) is 6.70. The van der Waals surface area contributed by atoms with Crippen LogP contribution in [0.1, 0.15) is 52.9 Å². The van der Waals surface area contributed by atoms with Crippen LogP contribution in [0.4, 0.5) is 0 Å². The molecule has 0 spiro atoms. The first-order valence-corrected chi connectivity index (χ1v) is 6.46. The van der Waals surface area contributed by atoms with Crippen molar-refractivity contribution in [3.8, 4) is 0 Å². The molecule has 2 bridgehead atoms. The summed E-state index contributed by atoms with van der Waals surface area (Å²) in [6.07, 6.45) is 7.16. The standard InChI is InChI=1S/C13H25N/c1-4-13(9(2)3)10-7-11-5-6-12(8-10)14-11/h9-14H,4-8H2,1-3H3/t10-,11+,12-,13?. The number of rotatable bonds is 3. The number of fused-ring (bicyclic) bond motifs is 2. The summed E-state index contributed by atoms with van der Waals surface area (Å²) < 4.78 is 0. The smallest absolute Gasteiger partial charge is 0.00729 e. The Bertz CT molecular complexity index is 176. The molecule has 0 amide bonds. The van der Waals surface area contributed by atoms with Crippen molar-refractivity contribution in [1.82, 2.24) is 5.32 Å². The molecule has 0 saturated carbocycles. The van der Waals surface area contributed by atoms with E-state index in [2.05, 4.69) is 26.1 Å². The van der Waals surface area contributed by atoms with Crippen LogP contribution >= 0.6 is 0 Å². The molecule has 0 aromatic rings. The second kappa shape index (κ2) is 4.22. The molecule has 0 radical (unpaired) electrons. The van der Waals surface area contributed by atoms with Gasteiger partial charge in [0.2, 0.25) is 0 Å².